The van der Waals surface area contributed by atoms with Crippen LogP contribution in [-0.4, -0.2) is 6.09 Å². The summed E-state index contributed by atoms with van der Waals surface area (Å²) in [5.74, 6) is -0.737. The van der Waals surface area contributed by atoms with Gasteiger partial charge >= 0.3 is 6.09 Å². The van der Waals surface area contributed by atoms with E-state index in [9.17, 15) is 13.6 Å². The van der Waals surface area contributed by atoms with Crippen molar-refractivity contribution < 1.29 is 18.3 Å². The van der Waals surface area contributed by atoms with Crippen LogP contribution in [0.25, 0.3) is 21.6 Å². The summed E-state index contributed by atoms with van der Waals surface area (Å²) in [7, 11) is 0. The van der Waals surface area contributed by atoms with Crippen molar-refractivity contribution >= 4 is 34.7 Å². The summed E-state index contributed by atoms with van der Waals surface area (Å²) in [6.07, 6.45) is 0.898. The highest BCUT2D eigenvalue weighted by Gasteiger charge is 2.23. The van der Waals surface area contributed by atoms with E-state index in [4.69, 9.17) is 16.3 Å². The van der Waals surface area contributed by atoms with Gasteiger partial charge in [-0.3, -0.25) is 5.32 Å². The number of benzene rings is 3. The number of ether oxygens (including phenoxy) is 1. The minimum Gasteiger partial charge on any atom is -0.441 e. The van der Waals surface area contributed by atoms with Gasteiger partial charge in [-0.05, 0) is 66.1 Å². The molecule has 0 radical (unpaired) electrons. The predicted molar refractivity (Wildman–Crippen MR) is 137 cm³/mol. The van der Waals surface area contributed by atoms with Crippen LogP contribution in [0, 0.1) is 11.6 Å². The maximum atomic E-state index is 14.0. The normalized spacial score (nSPS) is 13.9. The van der Waals surface area contributed by atoms with Gasteiger partial charge in [-0.25, -0.2) is 13.6 Å². The van der Waals surface area contributed by atoms with Gasteiger partial charge < -0.3 is 4.74 Å². The number of rotatable bonds is 6. The van der Waals surface area contributed by atoms with Gasteiger partial charge in [0.05, 0.1) is 14.9 Å². The van der Waals surface area contributed by atoms with Crippen LogP contribution in [0.5, 0.6) is 0 Å². The highest BCUT2D eigenvalue weighted by atomic mass is 35.5. The first-order valence-electron chi connectivity index (χ1n) is 11.3. The van der Waals surface area contributed by atoms with E-state index in [1.54, 1.807) is 6.07 Å². The monoisotopic (exact) mass is 509 g/mol. The lowest BCUT2D eigenvalue weighted by Crippen LogP contribution is -2.16. The largest absolute Gasteiger partial charge is 0.441 e. The molecule has 0 aliphatic heterocycles. The number of hydrogen-bond acceptors (Lipinski definition) is 3. The van der Waals surface area contributed by atoms with Crippen molar-refractivity contribution in [3.8, 4) is 21.6 Å². The Balaban J connectivity index is 1.29. The Morgan fingerprint density at radius 3 is 2.23 bits per heavy atom. The Morgan fingerprint density at radius 2 is 1.60 bits per heavy atom. The van der Waals surface area contributed by atoms with Crippen LogP contribution in [0.4, 0.5) is 19.3 Å². The number of carbonyl (C=O) groups excluding carboxylic acids is 1. The van der Waals surface area contributed by atoms with Gasteiger partial charge in [0.1, 0.15) is 17.7 Å². The van der Waals surface area contributed by atoms with Crippen molar-refractivity contribution in [3.05, 3.63) is 99.9 Å². The molecule has 1 fully saturated rings. The summed E-state index contributed by atoms with van der Waals surface area (Å²) in [5.41, 5.74) is 5.13. The van der Waals surface area contributed by atoms with Crippen molar-refractivity contribution in [3.63, 3.8) is 0 Å². The summed E-state index contributed by atoms with van der Waals surface area (Å²) in [6, 6.07) is 21.5. The molecule has 5 rings (SSSR count). The second-order valence-electron chi connectivity index (χ2n) is 8.61. The topological polar surface area (TPSA) is 38.3 Å². The van der Waals surface area contributed by atoms with E-state index in [0.717, 1.165) is 39.6 Å². The molecule has 1 atom stereocenters. The van der Waals surface area contributed by atoms with Gasteiger partial charge in [-0.15, -0.1) is 11.3 Å². The first-order valence-corrected chi connectivity index (χ1v) is 12.5. The zero-order valence-electron chi connectivity index (χ0n) is 18.9. The van der Waals surface area contributed by atoms with Crippen LogP contribution >= 0.6 is 22.9 Å². The molecule has 178 valence electrons. The van der Waals surface area contributed by atoms with Crippen molar-refractivity contribution in [2.45, 2.75) is 31.8 Å². The quantitative estimate of drug-likeness (QED) is 0.281. The van der Waals surface area contributed by atoms with E-state index >= 15 is 0 Å². The SMILES string of the molecule is C[C@@H](OC(=O)Nc1cc(Cl)sc1-c1ccc(-c2ccc(C3CC3)cc2)cc1)c1ccc(F)cc1F. The van der Waals surface area contributed by atoms with Crippen LogP contribution < -0.4 is 5.32 Å². The van der Waals surface area contributed by atoms with Gasteiger partial charge in [0, 0.05) is 11.6 Å². The van der Waals surface area contributed by atoms with E-state index in [2.05, 4.69) is 29.6 Å². The maximum absolute atomic E-state index is 14.0. The van der Waals surface area contributed by atoms with E-state index in [1.165, 1.54) is 42.7 Å². The molecular formula is C28H22ClF2NO2S. The average Bonchev–Trinajstić information content (AvgIpc) is 3.62. The molecule has 1 aliphatic carbocycles. The first-order chi connectivity index (χ1) is 16.9. The number of nitrogens with one attached hydrogen (secondary N) is 1. The van der Waals surface area contributed by atoms with Gasteiger partial charge in [-0.1, -0.05) is 60.1 Å². The third-order valence-corrected chi connectivity index (χ3v) is 7.38. The summed E-state index contributed by atoms with van der Waals surface area (Å²) in [5, 5.41) is 2.70. The first kappa shape index (κ1) is 23.5. The fourth-order valence-corrected chi connectivity index (χ4v) is 5.23. The van der Waals surface area contributed by atoms with Crippen molar-refractivity contribution in [1.29, 1.82) is 0 Å². The molecule has 0 saturated heterocycles. The smallest absolute Gasteiger partial charge is 0.412 e. The summed E-state index contributed by atoms with van der Waals surface area (Å²) < 4.78 is 33.0. The highest BCUT2D eigenvalue weighted by Crippen LogP contribution is 2.42. The van der Waals surface area contributed by atoms with Gasteiger partial charge in [0.2, 0.25) is 0 Å². The Kier molecular flexibility index (Phi) is 6.58. The van der Waals surface area contributed by atoms with Crippen LogP contribution in [0.2, 0.25) is 4.34 Å². The predicted octanol–water partition coefficient (Wildman–Crippen LogP) is 9.20. The summed E-state index contributed by atoms with van der Waals surface area (Å²) >= 11 is 7.59. The maximum Gasteiger partial charge on any atom is 0.412 e. The minimum absolute atomic E-state index is 0.0888. The molecule has 1 saturated carbocycles. The standard InChI is InChI=1S/C28H22ClF2NO2S/c1-16(23-13-12-22(30)14-24(23)31)34-28(33)32-25-15-26(29)35-27(25)21-10-8-20(9-11-21)19-6-4-18(5-7-19)17-2-3-17/h4-17H,2-3H2,1H3,(H,32,33)/t16-/m1/s1. The minimum atomic E-state index is -0.904. The van der Waals surface area contributed by atoms with Gasteiger partial charge in [0.15, 0.2) is 0 Å². The lowest BCUT2D eigenvalue weighted by Gasteiger charge is -2.15. The number of amides is 1. The molecule has 0 bridgehead atoms. The molecule has 1 N–H and O–H groups in total. The van der Waals surface area contributed by atoms with E-state index in [0.29, 0.717) is 10.0 Å². The van der Waals surface area contributed by atoms with E-state index < -0.39 is 23.8 Å². The summed E-state index contributed by atoms with van der Waals surface area (Å²) in [6.45, 7) is 1.52. The third-order valence-electron chi connectivity index (χ3n) is 6.06. The lowest BCUT2D eigenvalue weighted by molar-refractivity contribution is 0.119. The zero-order chi connectivity index (χ0) is 24.5. The van der Waals surface area contributed by atoms with Crippen LogP contribution in [0.3, 0.4) is 0 Å². The van der Waals surface area contributed by atoms with Crippen molar-refractivity contribution in [1.82, 2.24) is 0 Å². The third kappa shape index (κ3) is 5.39. The Labute approximate surface area is 211 Å². The molecule has 0 unspecified atom stereocenters. The molecule has 1 aliphatic rings. The molecule has 3 nitrogen and oxygen atoms in total. The zero-order valence-corrected chi connectivity index (χ0v) is 20.4. The number of hydrogen-bond donors (Lipinski definition) is 1. The molecule has 4 aromatic rings. The molecule has 1 aromatic heterocycles. The molecule has 3 aromatic carbocycles. The number of anilines is 1. The second-order valence-corrected chi connectivity index (χ2v) is 10.3. The highest BCUT2D eigenvalue weighted by molar-refractivity contribution is 7.20. The van der Waals surface area contributed by atoms with Crippen molar-refractivity contribution in [2.75, 3.05) is 5.32 Å². The molecule has 7 heteroatoms. The van der Waals surface area contributed by atoms with Crippen LogP contribution in [-0.2, 0) is 4.74 Å². The van der Waals surface area contributed by atoms with Gasteiger partial charge in [0.25, 0.3) is 0 Å². The summed E-state index contributed by atoms with van der Waals surface area (Å²) in [4.78, 5) is 13.3. The Morgan fingerprint density at radius 1 is 0.971 bits per heavy atom. The molecule has 35 heavy (non-hydrogen) atoms. The number of carbonyl (C=O) groups is 1. The molecular weight excluding hydrogens is 488 g/mol. The molecule has 0 spiro atoms. The lowest BCUT2D eigenvalue weighted by atomic mass is 10.0. The fourth-order valence-electron chi connectivity index (χ4n) is 4.04. The van der Waals surface area contributed by atoms with Crippen LogP contribution in [0.15, 0.2) is 72.8 Å². The Hall–Kier alpha value is -3.22. The van der Waals surface area contributed by atoms with E-state index in [1.807, 2.05) is 24.3 Å². The number of halogens is 3. The van der Waals surface area contributed by atoms with Gasteiger partial charge in [-0.2, -0.15) is 0 Å². The van der Waals surface area contributed by atoms with Crippen molar-refractivity contribution in [2.24, 2.45) is 0 Å². The average molecular weight is 510 g/mol. The second kappa shape index (κ2) is 9.80. The number of thiophene rings is 1. The fraction of sp³-hybridized carbons (Fsp3) is 0.179. The van der Waals surface area contributed by atoms with Crippen LogP contribution in [0.1, 0.15) is 42.9 Å². The Bertz CT molecular complexity index is 1360. The molecule has 1 heterocycles. The molecule has 1 amide bonds. The van der Waals surface area contributed by atoms with E-state index in [-0.39, 0.29) is 5.56 Å².